The van der Waals surface area contributed by atoms with Crippen molar-refractivity contribution < 1.29 is 23.5 Å². The molecule has 4 rings (SSSR count). The number of alkyl halides is 2. The van der Waals surface area contributed by atoms with Crippen LogP contribution in [0, 0.1) is 0 Å². The summed E-state index contributed by atoms with van der Waals surface area (Å²) >= 11 is 1.13. The Morgan fingerprint density at radius 2 is 1.38 bits per heavy atom. The Balaban J connectivity index is 1.85. The summed E-state index contributed by atoms with van der Waals surface area (Å²) < 4.78 is 24.8. The minimum absolute atomic E-state index is 0.0938. The highest BCUT2D eigenvalue weighted by Crippen LogP contribution is 2.40. The Morgan fingerprint density at radius 1 is 0.912 bits per heavy atom. The lowest BCUT2D eigenvalue weighted by Gasteiger charge is -2.36. The van der Waals surface area contributed by atoms with Crippen LogP contribution in [0.2, 0.25) is 0 Å². The number of rotatable bonds is 9. The maximum Gasteiger partial charge on any atom is 0.407 e. The van der Waals surface area contributed by atoms with E-state index in [4.69, 9.17) is 0 Å². The van der Waals surface area contributed by atoms with E-state index in [0.717, 1.165) is 28.0 Å². The zero-order valence-corrected chi connectivity index (χ0v) is 18.5. The molecule has 0 fully saturated rings. The summed E-state index contributed by atoms with van der Waals surface area (Å²) in [5, 5.41) is 17.8. The molecule has 2 N–H and O–H groups in total. The summed E-state index contributed by atoms with van der Waals surface area (Å²) in [6.45, 7) is -3.24. The van der Waals surface area contributed by atoms with E-state index in [2.05, 4.69) is 20.3 Å². The summed E-state index contributed by atoms with van der Waals surface area (Å²) in [6.07, 6.45) is 0. The van der Waals surface area contributed by atoms with Crippen LogP contribution < -0.4 is 5.32 Å². The molecule has 0 radical (unpaired) electrons. The molecule has 0 aliphatic carbocycles. The molecular formula is C25H19F2N3O3S. The second-order valence-corrected chi connectivity index (χ2v) is 7.98. The molecule has 0 bridgehead atoms. The number of nitrogens with one attached hydrogen (secondary N) is 1. The Hall–Kier alpha value is -4.11. The molecule has 0 aliphatic rings. The van der Waals surface area contributed by atoms with Crippen LogP contribution in [0.15, 0.2) is 102 Å². The molecule has 9 heteroatoms. The van der Waals surface area contributed by atoms with E-state index in [0.29, 0.717) is 5.13 Å². The number of hydrogen-bond donors (Lipinski definition) is 2. The maximum atomic E-state index is 12.4. The van der Waals surface area contributed by atoms with Crippen LogP contribution >= 0.6 is 11.3 Å². The van der Waals surface area contributed by atoms with E-state index < -0.39 is 23.8 Å². The van der Waals surface area contributed by atoms with Crippen molar-refractivity contribution in [2.75, 3.05) is 5.32 Å². The smallest absolute Gasteiger partial charge is 0.407 e. The van der Waals surface area contributed by atoms with Crippen molar-refractivity contribution in [1.82, 2.24) is 4.98 Å². The van der Waals surface area contributed by atoms with Gasteiger partial charge < -0.3 is 15.3 Å². The molecule has 1 heterocycles. The first kappa shape index (κ1) is 23.1. The van der Waals surface area contributed by atoms with Gasteiger partial charge in [-0.2, -0.15) is 8.78 Å². The van der Waals surface area contributed by atoms with E-state index >= 15 is 0 Å². The molecule has 0 amide bonds. The fraction of sp³-hybridized carbons (Fsp3) is 0.0800. The molecule has 0 atom stereocenters. The summed E-state index contributed by atoms with van der Waals surface area (Å²) in [5.74, 6) is -1.53. The number of carbonyl (C=O) groups is 1. The van der Waals surface area contributed by atoms with Gasteiger partial charge in [0.25, 0.3) is 0 Å². The molecule has 0 unspecified atom stereocenters. The SMILES string of the molecule is O=C(O)/C(=N/OC(F)F)c1csc(NC(c2ccccc2)(c2ccccc2)c2ccccc2)n1. The van der Waals surface area contributed by atoms with Crippen molar-refractivity contribution in [2.45, 2.75) is 12.2 Å². The number of aliphatic carboxylic acids is 1. The van der Waals surface area contributed by atoms with Gasteiger partial charge in [0.2, 0.25) is 5.71 Å². The topological polar surface area (TPSA) is 83.8 Å². The number of nitrogens with zero attached hydrogens (tertiary/aromatic N) is 2. The van der Waals surface area contributed by atoms with Gasteiger partial charge >= 0.3 is 12.6 Å². The van der Waals surface area contributed by atoms with Gasteiger partial charge in [-0.25, -0.2) is 9.78 Å². The fourth-order valence-corrected chi connectivity index (χ4v) is 4.42. The van der Waals surface area contributed by atoms with Crippen LogP contribution in [-0.2, 0) is 15.2 Å². The Bertz CT molecular complexity index is 1170. The Morgan fingerprint density at radius 3 is 1.79 bits per heavy atom. The average Bonchev–Trinajstić information content (AvgIpc) is 3.32. The van der Waals surface area contributed by atoms with Gasteiger partial charge in [-0.05, 0) is 16.7 Å². The quantitative estimate of drug-likeness (QED) is 0.186. The van der Waals surface area contributed by atoms with E-state index in [-0.39, 0.29) is 5.69 Å². The van der Waals surface area contributed by atoms with Gasteiger partial charge in [0.1, 0.15) is 11.2 Å². The van der Waals surface area contributed by atoms with Gasteiger partial charge in [0.05, 0.1) is 0 Å². The number of halogens is 2. The number of hydrogen-bond acceptors (Lipinski definition) is 6. The number of oxime groups is 1. The molecule has 0 spiro atoms. The van der Waals surface area contributed by atoms with E-state index in [1.54, 1.807) is 0 Å². The molecule has 3 aromatic carbocycles. The molecule has 4 aromatic rings. The predicted octanol–water partition coefficient (Wildman–Crippen LogP) is 5.58. The monoisotopic (exact) mass is 479 g/mol. The zero-order valence-electron chi connectivity index (χ0n) is 17.6. The zero-order chi connectivity index (χ0) is 24.0. The average molecular weight is 480 g/mol. The molecule has 34 heavy (non-hydrogen) atoms. The first-order valence-electron chi connectivity index (χ1n) is 10.2. The fourth-order valence-electron chi connectivity index (χ4n) is 3.67. The maximum absolute atomic E-state index is 12.4. The summed E-state index contributed by atoms with van der Waals surface area (Å²) in [5.41, 5.74) is 1.10. The van der Waals surface area contributed by atoms with Gasteiger partial charge in [-0.1, -0.05) is 96.2 Å². The Labute approximate surface area is 198 Å². The lowest BCUT2D eigenvalue weighted by atomic mass is 9.77. The van der Waals surface area contributed by atoms with Gasteiger partial charge in [0.15, 0.2) is 5.13 Å². The number of thiazole rings is 1. The summed E-state index contributed by atoms with van der Waals surface area (Å²) in [4.78, 5) is 19.8. The third-order valence-corrected chi connectivity index (χ3v) is 5.85. The normalized spacial score (nSPS) is 11.9. The summed E-state index contributed by atoms with van der Waals surface area (Å²) in [6, 6.07) is 29.3. The van der Waals surface area contributed by atoms with Gasteiger partial charge in [-0.3, -0.25) is 0 Å². The standard InChI is InChI=1S/C25H19F2N3O3S/c26-23(27)33-30-21(22(31)32)20-16-34-24(28-20)29-25(17-10-4-1-5-11-17,18-12-6-2-7-13-18)19-14-8-3-9-15-19/h1-16,23H,(H,28,29)(H,31,32)/b30-21+. The number of carboxylic acid groups (broad SMARTS) is 1. The number of carboxylic acids is 1. The van der Waals surface area contributed by atoms with Crippen molar-refractivity contribution >= 4 is 28.1 Å². The van der Waals surface area contributed by atoms with E-state index in [9.17, 15) is 18.7 Å². The first-order valence-corrected chi connectivity index (χ1v) is 11.0. The van der Waals surface area contributed by atoms with Crippen LogP contribution in [0.3, 0.4) is 0 Å². The second kappa shape index (κ2) is 10.2. The van der Waals surface area contributed by atoms with Crippen molar-refractivity contribution in [3.8, 4) is 0 Å². The molecule has 0 saturated carbocycles. The van der Waals surface area contributed by atoms with Crippen molar-refractivity contribution in [3.63, 3.8) is 0 Å². The highest BCUT2D eigenvalue weighted by molar-refractivity contribution is 7.14. The number of aromatic nitrogens is 1. The molecule has 1 aromatic heterocycles. The third-order valence-electron chi connectivity index (χ3n) is 5.09. The molecular weight excluding hydrogens is 460 g/mol. The predicted molar refractivity (Wildman–Crippen MR) is 126 cm³/mol. The Kier molecular flexibility index (Phi) is 6.93. The largest absolute Gasteiger partial charge is 0.476 e. The van der Waals surface area contributed by atoms with Gasteiger partial charge in [0, 0.05) is 5.38 Å². The summed E-state index contributed by atoms with van der Waals surface area (Å²) in [7, 11) is 0. The van der Waals surface area contributed by atoms with Crippen molar-refractivity contribution in [1.29, 1.82) is 0 Å². The lowest BCUT2D eigenvalue weighted by molar-refractivity contribution is -0.134. The van der Waals surface area contributed by atoms with Crippen LogP contribution in [0.4, 0.5) is 13.9 Å². The van der Waals surface area contributed by atoms with Crippen LogP contribution in [0.5, 0.6) is 0 Å². The molecule has 0 aliphatic heterocycles. The van der Waals surface area contributed by atoms with Crippen LogP contribution in [0.25, 0.3) is 0 Å². The van der Waals surface area contributed by atoms with Crippen molar-refractivity contribution in [2.24, 2.45) is 5.16 Å². The molecule has 0 saturated heterocycles. The number of anilines is 1. The van der Waals surface area contributed by atoms with Crippen LogP contribution in [-0.4, -0.2) is 28.4 Å². The molecule has 172 valence electrons. The van der Waals surface area contributed by atoms with Crippen molar-refractivity contribution in [3.05, 3.63) is 119 Å². The second-order valence-electron chi connectivity index (χ2n) is 7.12. The minimum Gasteiger partial charge on any atom is -0.476 e. The van der Waals surface area contributed by atoms with E-state index in [1.165, 1.54) is 5.38 Å². The van der Waals surface area contributed by atoms with Crippen LogP contribution in [0.1, 0.15) is 22.4 Å². The highest BCUT2D eigenvalue weighted by atomic mass is 32.1. The lowest BCUT2D eigenvalue weighted by Crippen LogP contribution is -2.38. The molecule has 6 nitrogen and oxygen atoms in total. The van der Waals surface area contributed by atoms with Gasteiger partial charge in [-0.15, -0.1) is 11.3 Å². The van der Waals surface area contributed by atoms with E-state index in [1.807, 2.05) is 91.0 Å². The first-order chi connectivity index (χ1) is 16.5. The highest BCUT2D eigenvalue weighted by Gasteiger charge is 2.37. The minimum atomic E-state index is -3.24. The third kappa shape index (κ3) is 4.79. The number of benzene rings is 3.